The number of rotatable bonds is 9. The molecule has 0 fully saturated rings. The van der Waals surface area contributed by atoms with Gasteiger partial charge < -0.3 is 15.8 Å². The van der Waals surface area contributed by atoms with Crippen molar-refractivity contribution in [3.63, 3.8) is 0 Å². The van der Waals surface area contributed by atoms with Crippen molar-refractivity contribution < 1.29 is 22.3 Å². The maximum atomic E-state index is 12.6. The SMILES string of the molecule is CC(C)C(=O)Nc1ccc(CS(=O)(=O)c2ccc(OC/C(=C/F)CN)cc2)cc1. The molecule has 0 atom stereocenters. The molecule has 156 valence electrons. The summed E-state index contributed by atoms with van der Waals surface area (Å²) >= 11 is 0. The van der Waals surface area contributed by atoms with Gasteiger partial charge in [-0.2, -0.15) is 0 Å². The van der Waals surface area contributed by atoms with E-state index in [0.717, 1.165) is 0 Å². The van der Waals surface area contributed by atoms with Gasteiger partial charge in [0.1, 0.15) is 12.4 Å². The predicted molar refractivity (Wildman–Crippen MR) is 111 cm³/mol. The molecule has 0 aliphatic rings. The largest absolute Gasteiger partial charge is 0.489 e. The third-order valence-electron chi connectivity index (χ3n) is 4.13. The van der Waals surface area contributed by atoms with Gasteiger partial charge in [0.2, 0.25) is 5.91 Å². The summed E-state index contributed by atoms with van der Waals surface area (Å²) in [5.74, 6) is 0.000203. The lowest BCUT2D eigenvalue weighted by Gasteiger charge is -2.10. The molecule has 6 nitrogen and oxygen atoms in total. The number of halogens is 1. The summed E-state index contributed by atoms with van der Waals surface area (Å²) < 4.78 is 43.1. The molecule has 29 heavy (non-hydrogen) atoms. The number of amides is 1. The summed E-state index contributed by atoms with van der Waals surface area (Å²) in [6.45, 7) is 3.63. The fraction of sp³-hybridized carbons (Fsp3) is 0.286. The van der Waals surface area contributed by atoms with Gasteiger partial charge in [0, 0.05) is 23.7 Å². The normalized spacial score (nSPS) is 12.1. The Morgan fingerprint density at radius 3 is 2.28 bits per heavy atom. The molecule has 2 aromatic rings. The first-order chi connectivity index (χ1) is 13.7. The predicted octanol–water partition coefficient (Wildman–Crippen LogP) is 3.45. The standard InChI is InChI=1S/C21H25FN2O4S/c1-15(2)21(25)24-18-5-3-16(4-6-18)14-29(26,27)20-9-7-19(8-10-20)28-13-17(11-22)12-23/h3-11,15H,12-14,23H2,1-2H3,(H,24,25)/b17-11+. The van der Waals surface area contributed by atoms with E-state index < -0.39 is 9.84 Å². The molecule has 0 spiro atoms. The highest BCUT2D eigenvalue weighted by molar-refractivity contribution is 7.90. The van der Waals surface area contributed by atoms with E-state index in [1.54, 1.807) is 38.1 Å². The van der Waals surface area contributed by atoms with Gasteiger partial charge in [-0.15, -0.1) is 0 Å². The zero-order chi connectivity index (χ0) is 21.4. The molecule has 0 saturated heterocycles. The highest BCUT2D eigenvalue weighted by Crippen LogP contribution is 2.21. The number of nitrogens with one attached hydrogen (secondary N) is 1. The first-order valence-corrected chi connectivity index (χ1v) is 10.7. The minimum Gasteiger partial charge on any atom is -0.489 e. The smallest absolute Gasteiger partial charge is 0.226 e. The van der Waals surface area contributed by atoms with Gasteiger partial charge in [-0.3, -0.25) is 4.79 Å². The fourth-order valence-electron chi connectivity index (χ4n) is 2.33. The van der Waals surface area contributed by atoms with E-state index in [4.69, 9.17) is 10.5 Å². The summed E-state index contributed by atoms with van der Waals surface area (Å²) in [5, 5.41) is 2.76. The van der Waals surface area contributed by atoms with Gasteiger partial charge in [-0.1, -0.05) is 26.0 Å². The molecular weight excluding hydrogens is 395 g/mol. The summed E-state index contributed by atoms with van der Waals surface area (Å²) in [4.78, 5) is 11.9. The van der Waals surface area contributed by atoms with Crippen LogP contribution in [0.5, 0.6) is 5.75 Å². The lowest BCUT2D eigenvalue weighted by molar-refractivity contribution is -0.118. The van der Waals surface area contributed by atoms with Crippen LogP contribution in [0.4, 0.5) is 10.1 Å². The minimum absolute atomic E-state index is 0.00120. The Morgan fingerprint density at radius 2 is 1.76 bits per heavy atom. The summed E-state index contributed by atoms with van der Waals surface area (Å²) in [6, 6.07) is 12.6. The van der Waals surface area contributed by atoms with Crippen molar-refractivity contribution in [2.75, 3.05) is 18.5 Å². The minimum atomic E-state index is -3.55. The highest BCUT2D eigenvalue weighted by Gasteiger charge is 2.16. The van der Waals surface area contributed by atoms with Crippen molar-refractivity contribution in [2.45, 2.75) is 24.5 Å². The van der Waals surface area contributed by atoms with E-state index >= 15 is 0 Å². The number of hydrogen-bond acceptors (Lipinski definition) is 5. The molecule has 0 aliphatic carbocycles. The molecule has 3 N–H and O–H groups in total. The van der Waals surface area contributed by atoms with Crippen molar-refractivity contribution in [3.8, 4) is 5.75 Å². The average molecular weight is 421 g/mol. The van der Waals surface area contributed by atoms with E-state index in [0.29, 0.717) is 28.9 Å². The van der Waals surface area contributed by atoms with Crippen LogP contribution in [0.2, 0.25) is 0 Å². The van der Waals surface area contributed by atoms with Crippen LogP contribution in [0, 0.1) is 5.92 Å². The van der Waals surface area contributed by atoms with E-state index in [2.05, 4.69) is 5.32 Å². The van der Waals surface area contributed by atoms with Crippen molar-refractivity contribution in [3.05, 3.63) is 66.0 Å². The van der Waals surface area contributed by atoms with Gasteiger partial charge >= 0.3 is 0 Å². The van der Waals surface area contributed by atoms with Crippen LogP contribution < -0.4 is 15.8 Å². The van der Waals surface area contributed by atoms with Crippen molar-refractivity contribution in [2.24, 2.45) is 11.7 Å². The average Bonchev–Trinajstić information content (AvgIpc) is 2.70. The van der Waals surface area contributed by atoms with E-state index in [9.17, 15) is 17.6 Å². The molecule has 2 aromatic carbocycles. The Morgan fingerprint density at radius 1 is 1.14 bits per heavy atom. The third-order valence-corrected chi connectivity index (χ3v) is 5.83. The molecule has 0 aliphatic heterocycles. The van der Waals surface area contributed by atoms with Crippen molar-refractivity contribution in [1.82, 2.24) is 0 Å². The fourth-order valence-corrected chi connectivity index (χ4v) is 3.68. The maximum absolute atomic E-state index is 12.6. The number of carbonyl (C=O) groups excluding carboxylic acids is 1. The summed E-state index contributed by atoms with van der Waals surface area (Å²) in [5.41, 5.74) is 6.88. The lowest BCUT2D eigenvalue weighted by atomic mass is 10.2. The number of nitrogens with two attached hydrogens (primary N) is 1. The molecule has 0 radical (unpaired) electrons. The zero-order valence-corrected chi connectivity index (χ0v) is 17.2. The van der Waals surface area contributed by atoms with Gasteiger partial charge in [0.05, 0.1) is 17.0 Å². The second-order valence-corrected chi connectivity index (χ2v) is 8.82. The van der Waals surface area contributed by atoms with Gasteiger partial charge in [0.15, 0.2) is 9.84 Å². The Labute approximate surface area is 170 Å². The molecule has 0 unspecified atom stereocenters. The number of hydrogen-bond donors (Lipinski definition) is 2. The highest BCUT2D eigenvalue weighted by atomic mass is 32.2. The molecule has 0 heterocycles. The number of carbonyl (C=O) groups is 1. The van der Waals surface area contributed by atoms with Crippen LogP contribution in [0.25, 0.3) is 0 Å². The van der Waals surface area contributed by atoms with E-state index in [1.807, 2.05) is 0 Å². The Balaban J connectivity index is 2.02. The number of sulfone groups is 1. The Hall–Kier alpha value is -2.71. The summed E-state index contributed by atoms with van der Waals surface area (Å²) in [7, 11) is -3.55. The van der Waals surface area contributed by atoms with E-state index in [1.165, 1.54) is 24.3 Å². The van der Waals surface area contributed by atoms with E-state index in [-0.39, 0.29) is 35.6 Å². The molecule has 1 amide bonds. The molecule has 0 aromatic heterocycles. The number of anilines is 1. The van der Waals surface area contributed by atoms with Crippen molar-refractivity contribution >= 4 is 21.4 Å². The second-order valence-electron chi connectivity index (χ2n) is 6.83. The van der Waals surface area contributed by atoms with Crippen LogP contribution in [-0.2, 0) is 20.4 Å². The van der Waals surface area contributed by atoms with Crippen LogP contribution in [0.1, 0.15) is 19.4 Å². The summed E-state index contributed by atoms with van der Waals surface area (Å²) in [6.07, 6.45) is 0.401. The first kappa shape index (κ1) is 22.6. The zero-order valence-electron chi connectivity index (χ0n) is 16.4. The molecular formula is C21H25FN2O4S. The quantitative estimate of drug-likeness (QED) is 0.647. The maximum Gasteiger partial charge on any atom is 0.226 e. The Kier molecular flexibility index (Phi) is 7.92. The van der Waals surface area contributed by atoms with Gasteiger partial charge in [-0.25, -0.2) is 12.8 Å². The Bertz CT molecular complexity index is 953. The van der Waals surface area contributed by atoms with Crippen LogP contribution >= 0.6 is 0 Å². The topological polar surface area (TPSA) is 98.5 Å². The molecule has 8 heteroatoms. The van der Waals surface area contributed by atoms with Crippen molar-refractivity contribution in [1.29, 1.82) is 0 Å². The second kappa shape index (κ2) is 10.2. The molecule has 0 bridgehead atoms. The third kappa shape index (κ3) is 6.69. The lowest BCUT2D eigenvalue weighted by Crippen LogP contribution is -2.17. The molecule has 0 saturated carbocycles. The number of benzene rings is 2. The van der Waals surface area contributed by atoms with Crippen LogP contribution in [0.3, 0.4) is 0 Å². The molecule has 2 rings (SSSR count). The first-order valence-electron chi connectivity index (χ1n) is 9.08. The van der Waals surface area contributed by atoms with Gasteiger partial charge in [0.25, 0.3) is 0 Å². The van der Waals surface area contributed by atoms with Crippen LogP contribution in [0.15, 0.2) is 65.3 Å². The van der Waals surface area contributed by atoms with Gasteiger partial charge in [-0.05, 0) is 42.0 Å². The number of ether oxygens (including phenoxy) is 1. The monoisotopic (exact) mass is 420 g/mol. The van der Waals surface area contributed by atoms with Crippen LogP contribution in [-0.4, -0.2) is 27.5 Å².